The molecule has 3 rings (SSSR count). The van der Waals surface area contributed by atoms with E-state index >= 15 is 0 Å². The van der Waals surface area contributed by atoms with E-state index < -0.39 is 0 Å². The van der Waals surface area contributed by atoms with Gasteiger partial charge in [-0.25, -0.2) is 9.97 Å². The summed E-state index contributed by atoms with van der Waals surface area (Å²) in [5.74, 6) is 1.18. The van der Waals surface area contributed by atoms with Gasteiger partial charge in [0, 0.05) is 17.8 Å². The fourth-order valence-corrected chi connectivity index (χ4v) is 3.03. The number of rotatable bonds is 5. The van der Waals surface area contributed by atoms with Crippen LogP contribution in [0.15, 0.2) is 18.2 Å². The average molecular weight is 329 g/mol. The van der Waals surface area contributed by atoms with E-state index in [1.807, 2.05) is 25.1 Å². The maximum Gasteiger partial charge on any atom is 0.226 e. The van der Waals surface area contributed by atoms with Crippen molar-refractivity contribution in [2.24, 2.45) is 0 Å². The first-order valence-electron chi connectivity index (χ1n) is 8.24. The lowest BCUT2D eigenvalue weighted by molar-refractivity contribution is -0.124. The van der Waals surface area contributed by atoms with E-state index in [9.17, 15) is 4.79 Å². The molecule has 1 aromatic heterocycles. The van der Waals surface area contributed by atoms with E-state index in [0.717, 1.165) is 29.4 Å². The van der Waals surface area contributed by atoms with Crippen LogP contribution in [0, 0.1) is 6.92 Å². The highest BCUT2D eigenvalue weighted by molar-refractivity contribution is 5.87. The Morgan fingerprint density at radius 3 is 2.96 bits per heavy atom. The predicted octanol–water partition coefficient (Wildman–Crippen LogP) is 1.92. The minimum absolute atomic E-state index is 0.0276. The van der Waals surface area contributed by atoms with Crippen molar-refractivity contribution in [3.8, 4) is 5.75 Å². The lowest BCUT2D eigenvalue weighted by Crippen LogP contribution is -2.59. The standard InChI is InChI=1S/C17H23N5O2/c1-4-6-11-9-14(23)20-17(19-11)22-16-18-10(2)12-7-5-8-13(24-3)15(12)21-16/h5,7-8,11,17,19H,4,6,9H2,1-3H3,(H,20,23)(H,18,21,22). The van der Waals surface area contributed by atoms with Crippen LogP contribution in [-0.2, 0) is 4.79 Å². The molecule has 1 amide bonds. The number of ether oxygens (including phenoxy) is 1. The molecular weight excluding hydrogens is 306 g/mol. The summed E-state index contributed by atoms with van der Waals surface area (Å²) in [6.07, 6.45) is 2.10. The van der Waals surface area contributed by atoms with Crippen LogP contribution in [-0.4, -0.2) is 35.3 Å². The number of nitrogens with zero attached hydrogens (tertiary/aromatic N) is 2. The highest BCUT2D eigenvalue weighted by atomic mass is 16.5. The second-order valence-corrected chi connectivity index (χ2v) is 5.99. The van der Waals surface area contributed by atoms with Crippen LogP contribution in [0.25, 0.3) is 10.9 Å². The Kier molecular flexibility index (Phi) is 4.80. The molecule has 0 spiro atoms. The topological polar surface area (TPSA) is 88.2 Å². The van der Waals surface area contributed by atoms with Gasteiger partial charge in [-0.1, -0.05) is 25.5 Å². The lowest BCUT2D eigenvalue weighted by Gasteiger charge is -2.31. The number of hydrogen-bond donors (Lipinski definition) is 3. The summed E-state index contributed by atoms with van der Waals surface area (Å²) in [5.41, 5.74) is 1.61. The van der Waals surface area contributed by atoms with Gasteiger partial charge in [0.15, 0.2) is 6.29 Å². The average Bonchev–Trinajstić information content (AvgIpc) is 2.54. The number of methoxy groups -OCH3 is 1. The number of aromatic nitrogens is 2. The summed E-state index contributed by atoms with van der Waals surface area (Å²) in [6.45, 7) is 4.04. The van der Waals surface area contributed by atoms with E-state index in [4.69, 9.17) is 4.74 Å². The number of carbonyl (C=O) groups is 1. The molecule has 2 aromatic rings. The number of hydrogen-bond acceptors (Lipinski definition) is 6. The fourth-order valence-electron chi connectivity index (χ4n) is 3.03. The second kappa shape index (κ2) is 7.00. The molecule has 7 nitrogen and oxygen atoms in total. The molecule has 1 fully saturated rings. The predicted molar refractivity (Wildman–Crippen MR) is 92.8 cm³/mol. The van der Waals surface area contributed by atoms with E-state index in [1.54, 1.807) is 7.11 Å². The Hall–Kier alpha value is -2.41. The Balaban J connectivity index is 1.85. The van der Waals surface area contributed by atoms with E-state index in [1.165, 1.54) is 0 Å². The number of amides is 1. The molecule has 2 unspecified atom stereocenters. The molecule has 2 heterocycles. The molecule has 0 aliphatic carbocycles. The summed E-state index contributed by atoms with van der Waals surface area (Å²) in [4.78, 5) is 20.9. The summed E-state index contributed by atoms with van der Waals surface area (Å²) >= 11 is 0. The van der Waals surface area contributed by atoms with Crippen molar-refractivity contribution >= 4 is 22.8 Å². The van der Waals surface area contributed by atoms with E-state index in [0.29, 0.717) is 18.1 Å². The van der Waals surface area contributed by atoms with Gasteiger partial charge in [0.25, 0.3) is 0 Å². The van der Waals surface area contributed by atoms with Crippen LogP contribution in [0.3, 0.4) is 0 Å². The van der Waals surface area contributed by atoms with Gasteiger partial charge in [0.1, 0.15) is 11.3 Å². The molecule has 0 bridgehead atoms. The van der Waals surface area contributed by atoms with Crippen LogP contribution in [0.4, 0.5) is 5.95 Å². The monoisotopic (exact) mass is 329 g/mol. The van der Waals surface area contributed by atoms with Crippen molar-refractivity contribution in [3.63, 3.8) is 0 Å². The van der Waals surface area contributed by atoms with Gasteiger partial charge >= 0.3 is 0 Å². The number of carbonyl (C=O) groups excluding carboxylic acids is 1. The maximum absolute atomic E-state index is 11.9. The molecule has 2 atom stereocenters. The summed E-state index contributed by atoms with van der Waals surface area (Å²) < 4.78 is 5.39. The molecule has 0 saturated carbocycles. The van der Waals surface area contributed by atoms with Gasteiger partial charge < -0.3 is 15.4 Å². The Morgan fingerprint density at radius 2 is 2.21 bits per heavy atom. The van der Waals surface area contributed by atoms with Crippen molar-refractivity contribution < 1.29 is 9.53 Å². The normalized spacial score (nSPS) is 20.7. The summed E-state index contributed by atoms with van der Waals surface area (Å²) in [5, 5.41) is 10.4. The third kappa shape index (κ3) is 3.41. The van der Waals surface area contributed by atoms with Gasteiger partial charge in [-0.3, -0.25) is 10.1 Å². The molecule has 1 aromatic carbocycles. The first-order valence-corrected chi connectivity index (χ1v) is 8.24. The van der Waals surface area contributed by atoms with Crippen molar-refractivity contribution in [1.82, 2.24) is 20.6 Å². The zero-order valence-electron chi connectivity index (χ0n) is 14.2. The molecule has 24 heavy (non-hydrogen) atoms. The van der Waals surface area contributed by atoms with E-state index in [2.05, 4.69) is 32.8 Å². The zero-order valence-corrected chi connectivity index (χ0v) is 14.2. The minimum atomic E-state index is -0.380. The Bertz CT molecular complexity index is 749. The lowest BCUT2D eigenvalue weighted by atomic mass is 10.1. The van der Waals surface area contributed by atoms with Gasteiger partial charge in [0.05, 0.1) is 12.8 Å². The van der Waals surface area contributed by atoms with Crippen LogP contribution in [0.1, 0.15) is 31.9 Å². The number of nitrogens with one attached hydrogen (secondary N) is 3. The number of anilines is 1. The molecule has 0 radical (unpaired) electrons. The third-order valence-corrected chi connectivity index (χ3v) is 4.15. The molecule has 1 aliphatic heterocycles. The summed E-state index contributed by atoms with van der Waals surface area (Å²) in [6, 6.07) is 5.92. The second-order valence-electron chi connectivity index (χ2n) is 5.99. The quantitative estimate of drug-likeness (QED) is 0.777. The number of fused-ring (bicyclic) bond motifs is 1. The highest BCUT2D eigenvalue weighted by Gasteiger charge is 2.25. The van der Waals surface area contributed by atoms with Gasteiger partial charge in [-0.2, -0.15) is 0 Å². The first kappa shape index (κ1) is 16.4. The van der Waals surface area contributed by atoms with Gasteiger partial charge in [-0.05, 0) is 19.4 Å². The van der Waals surface area contributed by atoms with Crippen LogP contribution in [0.5, 0.6) is 5.75 Å². The fraction of sp³-hybridized carbons (Fsp3) is 0.471. The molecule has 3 N–H and O–H groups in total. The largest absolute Gasteiger partial charge is 0.494 e. The Labute approximate surface area is 141 Å². The molecule has 1 aliphatic rings. The highest BCUT2D eigenvalue weighted by Crippen LogP contribution is 2.26. The van der Waals surface area contributed by atoms with Crippen LogP contribution in [0.2, 0.25) is 0 Å². The molecule has 128 valence electrons. The third-order valence-electron chi connectivity index (χ3n) is 4.15. The van der Waals surface area contributed by atoms with Crippen molar-refractivity contribution in [2.75, 3.05) is 12.4 Å². The Morgan fingerprint density at radius 1 is 1.38 bits per heavy atom. The van der Waals surface area contributed by atoms with Crippen molar-refractivity contribution in [1.29, 1.82) is 0 Å². The number of para-hydroxylation sites is 1. The number of aryl methyl sites for hydroxylation is 1. The van der Waals surface area contributed by atoms with Crippen LogP contribution < -0.4 is 20.7 Å². The zero-order chi connectivity index (χ0) is 17.1. The van der Waals surface area contributed by atoms with Gasteiger partial charge in [0.2, 0.25) is 11.9 Å². The smallest absolute Gasteiger partial charge is 0.226 e. The molecule has 1 saturated heterocycles. The number of benzene rings is 1. The van der Waals surface area contributed by atoms with Crippen molar-refractivity contribution in [2.45, 2.75) is 45.4 Å². The molecule has 7 heteroatoms. The van der Waals surface area contributed by atoms with Crippen LogP contribution >= 0.6 is 0 Å². The first-order chi connectivity index (χ1) is 11.6. The van der Waals surface area contributed by atoms with Gasteiger partial charge in [-0.15, -0.1) is 0 Å². The summed E-state index contributed by atoms with van der Waals surface area (Å²) in [7, 11) is 1.62. The van der Waals surface area contributed by atoms with E-state index in [-0.39, 0.29) is 18.2 Å². The maximum atomic E-state index is 11.9. The molecular formula is C17H23N5O2. The SMILES string of the molecule is CCCC1CC(=O)NC(Nc2nc(C)c3cccc(OC)c3n2)N1. The minimum Gasteiger partial charge on any atom is -0.494 e. The van der Waals surface area contributed by atoms with Crippen molar-refractivity contribution in [3.05, 3.63) is 23.9 Å².